The van der Waals surface area contributed by atoms with E-state index in [2.05, 4.69) is 40.0 Å². The van der Waals surface area contributed by atoms with Gasteiger partial charge in [0.2, 0.25) is 0 Å². The molecule has 0 aliphatic carbocycles. The number of pyridine rings is 1. The van der Waals surface area contributed by atoms with Crippen molar-refractivity contribution in [3.05, 3.63) is 47.6 Å². The second-order valence-electron chi connectivity index (χ2n) is 6.39. The van der Waals surface area contributed by atoms with E-state index in [1.807, 2.05) is 18.2 Å². The van der Waals surface area contributed by atoms with E-state index >= 15 is 0 Å². The predicted octanol–water partition coefficient (Wildman–Crippen LogP) is 4.51. The van der Waals surface area contributed by atoms with Gasteiger partial charge in [0.1, 0.15) is 27.7 Å². The number of hydrogen-bond acceptors (Lipinski definition) is 5. The average Bonchev–Trinajstić information content (AvgIpc) is 3.03. The van der Waals surface area contributed by atoms with Crippen LogP contribution in [0.1, 0.15) is 24.8 Å². The minimum atomic E-state index is 0.488. The Balaban J connectivity index is 1.52. The maximum Gasteiger partial charge on any atom is 0.143 e. The lowest BCUT2D eigenvalue weighted by molar-refractivity contribution is 0.304. The summed E-state index contributed by atoms with van der Waals surface area (Å²) in [5.41, 5.74) is 2.14. The quantitative estimate of drug-likeness (QED) is 0.701. The molecule has 3 heterocycles. The summed E-state index contributed by atoms with van der Waals surface area (Å²) in [7, 11) is 0. The number of hydrogen-bond donors (Lipinski definition) is 0. The Hall–Kier alpha value is -2.14. The second-order valence-corrected chi connectivity index (χ2v) is 7.45. The smallest absolute Gasteiger partial charge is 0.143 e. The lowest BCUT2D eigenvalue weighted by Gasteiger charge is -2.33. The number of nitrogens with zero attached hydrogens (tertiary/aromatic N) is 3. The zero-order valence-electron chi connectivity index (χ0n) is 13.8. The van der Waals surface area contributed by atoms with Crippen LogP contribution >= 0.6 is 11.3 Å². The normalized spacial score (nSPS) is 18.0. The molecule has 1 aromatic carbocycles. The van der Waals surface area contributed by atoms with Gasteiger partial charge in [0, 0.05) is 19.3 Å². The molecule has 24 heavy (non-hydrogen) atoms. The first-order valence-corrected chi connectivity index (χ1v) is 9.28. The highest BCUT2D eigenvalue weighted by atomic mass is 32.1. The molecule has 2 aromatic heterocycles. The van der Waals surface area contributed by atoms with Crippen molar-refractivity contribution in [2.45, 2.75) is 26.4 Å². The SMILES string of the molecule is C[C@H]1CCCN(c2ccccc2OCc2nc3cccnc3s2)C1. The molecule has 1 aliphatic heterocycles. The van der Waals surface area contributed by atoms with Crippen molar-refractivity contribution in [1.29, 1.82) is 0 Å². The van der Waals surface area contributed by atoms with Gasteiger partial charge in [-0.1, -0.05) is 30.4 Å². The fourth-order valence-corrected chi connectivity index (χ4v) is 4.08. The summed E-state index contributed by atoms with van der Waals surface area (Å²) in [5.74, 6) is 1.68. The molecule has 124 valence electrons. The molecular weight excluding hydrogens is 318 g/mol. The van der Waals surface area contributed by atoms with Crippen LogP contribution in [-0.4, -0.2) is 23.1 Å². The first kappa shape index (κ1) is 15.4. The lowest BCUT2D eigenvalue weighted by Crippen LogP contribution is -2.34. The molecule has 0 unspecified atom stereocenters. The first-order valence-electron chi connectivity index (χ1n) is 8.47. The number of aromatic nitrogens is 2. The standard InChI is InChI=1S/C19H21N3OS/c1-14-6-5-11-22(12-14)16-8-2-3-9-17(16)23-13-18-21-15-7-4-10-20-19(15)24-18/h2-4,7-10,14H,5-6,11-13H2,1H3/t14-/m0/s1. The molecule has 0 radical (unpaired) electrons. The number of anilines is 1. The molecule has 0 amide bonds. The molecule has 0 N–H and O–H groups in total. The van der Waals surface area contributed by atoms with Crippen LogP contribution in [0.5, 0.6) is 5.75 Å². The van der Waals surface area contributed by atoms with Gasteiger partial charge < -0.3 is 9.64 Å². The molecule has 4 rings (SSSR count). The number of benzene rings is 1. The monoisotopic (exact) mass is 339 g/mol. The van der Waals surface area contributed by atoms with Gasteiger partial charge in [0.15, 0.2) is 0 Å². The van der Waals surface area contributed by atoms with Gasteiger partial charge in [-0.05, 0) is 43.0 Å². The zero-order valence-corrected chi connectivity index (χ0v) is 14.6. The molecule has 1 aliphatic rings. The fourth-order valence-electron chi connectivity index (χ4n) is 3.26. The number of fused-ring (bicyclic) bond motifs is 1. The maximum atomic E-state index is 6.12. The predicted molar refractivity (Wildman–Crippen MR) is 98.8 cm³/mol. The molecule has 3 aromatic rings. The van der Waals surface area contributed by atoms with Crippen molar-refractivity contribution >= 4 is 27.4 Å². The molecule has 1 fully saturated rings. The molecule has 0 spiro atoms. The minimum Gasteiger partial charge on any atom is -0.484 e. The molecule has 0 saturated carbocycles. The van der Waals surface area contributed by atoms with Crippen LogP contribution in [-0.2, 0) is 6.61 Å². The number of piperidine rings is 1. The maximum absolute atomic E-state index is 6.12. The number of ether oxygens (including phenoxy) is 1. The summed E-state index contributed by atoms with van der Waals surface area (Å²) >= 11 is 1.60. The van der Waals surface area contributed by atoms with Crippen molar-refractivity contribution < 1.29 is 4.74 Å². The third-order valence-electron chi connectivity index (χ3n) is 4.42. The topological polar surface area (TPSA) is 38.2 Å². The fraction of sp³-hybridized carbons (Fsp3) is 0.368. The molecular formula is C19H21N3OS. The van der Waals surface area contributed by atoms with Crippen LogP contribution in [0.4, 0.5) is 5.69 Å². The highest BCUT2D eigenvalue weighted by Crippen LogP contribution is 2.32. The van der Waals surface area contributed by atoms with E-state index in [4.69, 9.17) is 4.74 Å². The van der Waals surface area contributed by atoms with E-state index < -0.39 is 0 Å². The Morgan fingerprint density at radius 1 is 1.25 bits per heavy atom. The largest absolute Gasteiger partial charge is 0.484 e. The van der Waals surface area contributed by atoms with Crippen LogP contribution in [0.2, 0.25) is 0 Å². The Morgan fingerprint density at radius 2 is 2.17 bits per heavy atom. The van der Waals surface area contributed by atoms with Crippen molar-refractivity contribution in [3.63, 3.8) is 0 Å². The Kier molecular flexibility index (Phi) is 4.34. The molecule has 4 nitrogen and oxygen atoms in total. The summed E-state index contributed by atoms with van der Waals surface area (Å²) in [6, 6.07) is 12.2. The Labute approximate surface area is 146 Å². The summed E-state index contributed by atoms with van der Waals surface area (Å²) < 4.78 is 6.12. The van der Waals surface area contributed by atoms with E-state index in [0.29, 0.717) is 6.61 Å². The third-order valence-corrected chi connectivity index (χ3v) is 5.38. The van der Waals surface area contributed by atoms with Crippen molar-refractivity contribution in [1.82, 2.24) is 9.97 Å². The van der Waals surface area contributed by atoms with E-state index in [1.165, 1.54) is 18.5 Å². The van der Waals surface area contributed by atoms with E-state index in [-0.39, 0.29) is 0 Å². The summed E-state index contributed by atoms with van der Waals surface area (Å²) in [5, 5.41) is 0.963. The Morgan fingerprint density at radius 3 is 3.04 bits per heavy atom. The highest BCUT2D eigenvalue weighted by molar-refractivity contribution is 7.18. The minimum absolute atomic E-state index is 0.488. The highest BCUT2D eigenvalue weighted by Gasteiger charge is 2.19. The van der Waals surface area contributed by atoms with Gasteiger partial charge in [-0.25, -0.2) is 9.97 Å². The Bertz CT molecular complexity index is 799. The van der Waals surface area contributed by atoms with Crippen molar-refractivity contribution in [2.75, 3.05) is 18.0 Å². The van der Waals surface area contributed by atoms with Gasteiger partial charge in [-0.2, -0.15) is 0 Å². The molecule has 1 saturated heterocycles. The van der Waals surface area contributed by atoms with Gasteiger partial charge in [0.25, 0.3) is 0 Å². The van der Waals surface area contributed by atoms with Crippen LogP contribution < -0.4 is 9.64 Å². The van der Waals surface area contributed by atoms with Crippen molar-refractivity contribution in [2.24, 2.45) is 5.92 Å². The number of rotatable bonds is 4. The third kappa shape index (κ3) is 3.22. The number of para-hydroxylation sites is 2. The zero-order chi connectivity index (χ0) is 16.4. The van der Waals surface area contributed by atoms with Gasteiger partial charge in [-0.15, -0.1) is 0 Å². The van der Waals surface area contributed by atoms with Gasteiger partial charge >= 0.3 is 0 Å². The summed E-state index contributed by atoms with van der Waals surface area (Å²) in [6.07, 6.45) is 4.37. The number of thiazole rings is 1. The van der Waals surface area contributed by atoms with E-state index in [0.717, 1.165) is 40.1 Å². The molecule has 1 atom stereocenters. The van der Waals surface area contributed by atoms with E-state index in [1.54, 1.807) is 17.5 Å². The average molecular weight is 339 g/mol. The first-order chi connectivity index (χ1) is 11.8. The van der Waals surface area contributed by atoms with Crippen LogP contribution in [0.15, 0.2) is 42.6 Å². The molecule has 5 heteroatoms. The van der Waals surface area contributed by atoms with Gasteiger partial charge in [-0.3, -0.25) is 0 Å². The van der Waals surface area contributed by atoms with Crippen LogP contribution in [0.3, 0.4) is 0 Å². The van der Waals surface area contributed by atoms with Crippen LogP contribution in [0.25, 0.3) is 10.3 Å². The summed E-state index contributed by atoms with van der Waals surface area (Å²) in [6.45, 7) is 5.02. The van der Waals surface area contributed by atoms with Crippen LogP contribution in [0, 0.1) is 5.92 Å². The molecule has 0 bridgehead atoms. The lowest BCUT2D eigenvalue weighted by atomic mass is 9.99. The van der Waals surface area contributed by atoms with Crippen molar-refractivity contribution in [3.8, 4) is 5.75 Å². The summed E-state index contributed by atoms with van der Waals surface area (Å²) in [4.78, 5) is 12.4. The van der Waals surface area contributed by atoms with E-state index in [9.17, 15) is 0 Å². The van der Waals surface area contributed by atoms with Gasteiger partial charge in [0.05, 0.1) is 5.69 Å². The second kappa shape index (κ2) is 6.77.